The summed E-state index contributed by atoms with van der Waals surface area (Å²) in [6.07, 6.45) is 0. The number of hydrogen-bond acceptors (Lipinski definition) is 2. The number of carbonyl (C=O) groups excluding carboxylic acids is 1. The second kappa shape index (κ2) is 4.14. The predicted octanol–water partition coefficient (Wildman–Crippen LogP) is 2.76. The first-order chi connectivity index (χ1) is 7.68. The van der Waals surface area contributed by atoms with Crippen LogP contribution in [0.1, 0.15) is 15.9 Å². The molecule has 0 saturated heterocycles. The molecular weight excluding hydrogens is 207 g/mol. The highest BCUT2D eigenvalue weighted by atomic mass is 19.1. The van der Waals surface area contributed by atoms with Crippen LogP contribution in [0.4, 0.5) is 4.39 Å². The van der Waals surface area contributed by atoms with Gasteiger partial charge >= 0.3 is 0 Å². The van der Waals surface area contributed by atoms with E-state index < -0.39 is 11.6 Å². The van der Waals surface area contributed by atoms with Crippen LogP contribution in [0.3, 0.4) is 0 Å². The third-order valence-electron chi connectivity index (χ3n) is 2.25. The van der Waals surface area contributed by atoms with E-state index in [9.17, 15) is 9.18 Å². The molecule has 0 atom stereocenters. The molecule has 0 fully saturated rings. The average molecular weight is 216 g/mol. The Balaban J connectivity index is 2.39. The summed E-state index contributed by atoms with van der Waals surface area (Å²) in [6.45, 7) is 0. The number of phenolic OH excluding ortho intramolecular Hbond substituents is 1. The molecule has 2 aromatic rings. The van der Waals surface area contributed by atoms with Crippen LogP contribution in [0.15, 0.2) is 48.5 Å². The van der Waals surface area contributed by atoms with E-state index in [2.05, 4.69) is 0 Å². The Labute approximate surface area is 92.0 Å². The molecule has 0 aliphatic heterocycles. The summed E-state index contributed by atoms with van der Waals surface area (Å²) in [5.41, 5.74) is 0.717. The second-order valence-corrected chi connectivity index (χ2v) is 3.36. The normalized spacial score (nSPS) is 10.1. The zero-order valence-electron chi connectivity index (χ0n) is 8.35. The van der Waals surface area contributed by atoms with E-state index in [0.717, 1.165) is 6.07 Å². The molecule has 16 heavy (non-hydrogen) atoms. The molecule has 0 heterocycles. The second-order valence-electron chi connectivity index (χ2n) is 3.36. The molecule has 1 N–H and O–H groups in total. The maximum Gasteiger partial charge on any atom is 0.193 e. The molecule has 0 saturated carbocycles. The number of halogens is 1. The van der Waals surface area contributed by atoms with Gasteiger partial charge in [-0.1, -0.05) is 30.3 Å². The van der Waals surface area contributed by atoms with Gasteiger partial charge in [-0.3, -0.25) is 4.79 Å². The lowest BCUT2D eigenvalue weighted by Gasteiger charge is -2.02. The van der Waals surface area contributed by atoms with Crippen molar-refractivity contribution in [2.24, 2.45) is 0 Å². The highest BCUT2D eigenvalue weighted by Gasteiger charge is 2.10. The highest BCUT2D eigenvalue weighted by molar-refractivity contribution is 6.09. The molecule has 2 nitrogen and oxygen atoms in total. The summed E-state index contributed by atoms with van der Waals surface area (Å²) in [6, 6.07) is 12.2. The number of carbonyl (C=O) groups is 1. The van der Waals surface area contributed by atoms with Crippen molar-refractivity contribution < 1.29 is 14.3 Å². The number of benzene rings is 2. The lowest BCUT2D eigenvalue weighted by molar-refractivity contribution is 0.103. The molecule has 3 heteroatoms. The molecule has 0 bridgehead atoms. The van der Waals surface area contributed by atoms with Crippen molar-refractivity contribution in [2.45, 2.75) is 0 Å². The molecule has 0 aliphatic carbocycles. The van der Waals surface area contributed by atoms with Gasteiger partial charge in [-0.15, -0.1) is 0 Å². The lowest BCUT2D eigenvalue weighted by Crippen LogP contribution is -2.01. The fraction of sp³-hybridized carbons (Fsp3) is 0. The van der Waals surface area contributed by atoms with Crippen molar-refractivity contribution in [3.63, 3.8) is 0 Å². The van der Waals surface area contributed by atoms with Crippen LogP contribution in [0.25, 0.3) is 0 Å². The first kappa shape index (κ1) is 10.4. The minimum atomic E-state index is -0.790. The summed E-state index contributed by atoms with van der Waals surface area (Å²) in [5, 5.41) is 9.01. The molecular formula is C13H9FO2. The van der Waals surface area contributed by atoms with Gasteiger partial charge in [0.05, 0.1) is 0 Å². The highest BCUT2D eigenvalue weighted by Crippen LogP contribution is 2.18. The minimum Gasteiger partial charge on any atom is -0.505 e. The van der Waals surface area contributed by atoms with Gasteiger partial charge in [-0.25, -0.2) is 4.39 Å². The Kier molecular flexibility index (Phi) is 2.68. The minimum absolute atomic E-state index is 0.224. The summed E-state index contributed by atoms with van der Waals surface area (Å²) in [7, 11) is 0. The summed E-state index contributed by atoms with van der Waals surface area (Å²) in [5.74, 6) is -1.51. The zero-order chi connectivity index (χ0) is 11.5. The summed E-state index contributed by atoms with van der Waals surface area (Å²) < 4.78 is 13.1. The van der Waals surface area contributed by atoms with E-state index in [1.165, 1.54) is 12.1 Å². The van der Waals surface area contributed by atoms with Gasteiger partial charge in [0.1, 0.15) is 0 Å². The van der Waals surface area contributed by atoms with Gasteiger partial charge in [0.15, 0.2) is 17.3 Å². The van der Waals surface area contributed by atoms with Crippen molar-refractivity contribution in [2.75, 3.05) is 0 Å². The van der Waals surface area contributed by atoms with Gasteiger partial charge in [0, 0.05) is 11.1 Å². The average Bonchev–Trinajstić information content (AvgIpc) is 2.33. The van der Waals surface area contributed by atoms with Gasteiger partial charge in [-0.05, 0) is 18.2 Å². The van der Waals surface area contributed by atoms with Crippen LogP contribution in [-0.2, 0) is 0 Å². The maximum atomic E-state index is 13.1. The number of ketones is 1. The zero-order valence-corrected chi connectivity index (χ0v) is 8.35. The van der Waals surface area contributed by atoms with Crippen LogP contribution in [-0.4, -0.2) is 10.9 Å². The summed E-state index contributed by atoms with van der Waals surface area (Å²) in [4.78, 5) is 11.9. The monoisotopic (exact) mass is 216 g/mol. The van der Waals surface area contributed by atoms with Gasteiger partial charge < -0.3 is 5.11 Å². The van der Waals surface area contributed by atoms with E-state index in [0.29, 0.717) is 5.56 Å². The van der Waals surface area contributed by atoms with Crippen molar-refractivity contribution in [3.8, 4) is 5.75 Å². The Morgan fingerprint density at radius 1 is 1.00 bits per heavy atom. The van der Waals surface area contributed by atoms with Gasteiger partial charge in [0.2, 0.25) is 0 Å². The van der Waals surface area contributed by atoms with Gasteiger partial charge in [0.25, 0.3) is 0 Å². The van der Waals surface area contributed by atoms with Crippen LogP contribution in [0.5, 0.6) is 5.75 Å². The van der Waals surface area contributed by atoms with Crippen molar-refractivity contribution in [1.29, 1.82) is 0 Å². The Morgan fingerprint density at radius 3 is 2.31 bits per heavy atom. The quantitative estimate of drug-likeness (QED) is 0.784. The molecule has 2 rings (SSSR count). The molecule has 0 aliphatic rings. The standard InChI is InChI=1S/C13H9FO2/c14-11-8-10(6-7-12(11)15)13(16)9-4-2-1-3-5-9/h1-8,15H. The van der Waals surface area contributed by atoms with E-state index in [4.69, 9.17) is 5.11 Å². The fourth-order valence-corrected chi connectivity index (χ4v) is 1.40. The molecule has 0 amide bonds. The van der Waals surface area contributed by atoms with E-state index in [1.807, 2.05) is 0 Å². The van der Waals surface area contributed by atoms with Gasteiger partial charge in [-0.2, -0.15) is 0 Å². The maximum absolute atomic E-state index is 13.1. The molecule has 80 valence electrons. The van der Waals surface area contributed by atoms with Crippen LogP contribution < -0.4 is 0 Å². The third kappa shape index (κ3) is 1.93. The van der Waals surface area contributed by atoms with Crippen molar-refractivity contribution >= 4 is 5.78 Å². The van der Waals surface area contributed by atoms with Crippen molar-refractivity contribution in [1.82, 2.24) is 0 Å². The lowest BCUT2D eigenvalue weighted by atomic mass is 10.0. The number of rotatable bonds is 2. The molecule has 0 radical (unpaired) electrons. The number of aromatic hydroxyl groups is 1. The third-order valence-corrected chi connectivity index (χ3v) is 2.25. The summed E-state index contributed by atoms with van der Waals surface area (Å²) >= 11 is 0. The van der Waals surface area contributed by atoms with Crippen LogP contribution in [0, 0.1) is 5.82 Å². The molecule has 0 aromatic heterocycles. The molecule has 2 aromatic carbocycles. The fourth-order valence-electron chi connectivity index (χ4n) is 1.40. The smallest absolute Gasteiger partial charge is 0.193 e. The molecule has 0 unspecified atom stereocenters. The Morgan fingerprint density at radius 2 is 1.69 bits per heavy atom. The first-order valence-electron chi connectivity index (χ1n) is 4.77. The number of hydrogen-bond donors (Lipinski definition) is 1. The van der Waals surface area contributed by atoms with E-state index in [-0.39, 0.29) is 11.3 Å². The molecule has 0 spiro atoms. The van der Waals surface area contributed by atoms with Crippen LogP contribution >= 0.6 is 0 Å². The van der Waals surface area contributed by atoms with Crippen molar-refractivity contribution in [3.05, 3.63) is 65.5 Å². The topological polar surface area (TPSA) is 37.3 Å². The first-order valence-corrected chi connectivity index (χ1v) is 4.77. The largest absolute Gasteiger partial charge is 0.505 e. The number of phenols is 1. The van der Waals surface area contributed by atoms with Crippen LogP contribution in [0.2, 0.25) is 0 Å². The van der Waals surface area contributed by atoms with E-state index >= 15 is 0 Å². The predicted molar refractivity (Wildman–Crippen MR) is 57.9 cm³/mol. The Bertz CT molecular complexity index is 521. The SMILES string of the molecule is O=C(c1ccccc1)c1ccc(O)c(F)c1. The Hall–Kier alpha value is -2.16. The van der Waals surface area contributed by atoms with E-state index in [1.54, 1.807) is 30.3 Å².